The van der Waals surface area contributed by atoms with Crippen LogP contribution in [0.5, 0.6) is 0 Å². The van der Waals surface area contributed by atoms with Crippen LogP contribution in [-0.2, 0) is 16.0 Å². The van der Waals surface area contributed by atoms with Crippen molar-refractivity contribution < 1.29 is 9.59 Å². The van der Waals surface area contributed by atoms with Gasteiger partial charge in [0.2, 0.25) is 11.8 Å². The molecule has 3 nitrogen and oxygen atoms in total. The van der Waals surface area contributed by atoms with Crippen LogP contribution in [0.25, 0.3) is 0 Å². The highest BCUT2D eigenvalue weighted by Crippen LogP contribution is 2.52. The summed E-state index contributed by atoms with van der Waals surface area (Å²) in [5.41, 5.74) is 1.17. The molecule has 1 aromatic rings. The van der Waals surface area contributed by atoms with E-state index in [9.17, 15) is 9.59 Å². The van der Waals surface area contributed by atoms with Crippen molar-refractivity contribution in [3.63, 3.8) is 0 Å². The summed E-state index contributed by atoms with van der Waals surface area (Å²) in [7, 11) is 0. The maximum absolute atomic E-state index is 12.5. The summed E-state index contributed by atoms with van der Waals surface area (Å²) >= 11 is 0. The fourth-order valence-electron chi connectivity index (χ4n) is 4.07. The van der Waals surface area contributed by atoms with E-state index >= 15 is 0 Å². The Kier molecular flexibility index (Phi) is 2.56. The van der Waals surface area contributed by atoms with E-state index in [0.717, 1.165) is 12.8 Å². The van der Waals surface area contributed by atoms with Gasteiger partial charge in [-0.15, -0.1) is 0 Å². The lowest BCUT2D eigenvalue weighted by Gasteiger charge is -2.17. The molecule has 4 atom stereocenters. The van der Waals surface area contributed by atoms with Gasteiger partial charge in [-0.2, -0.15) is 0 Å². The standard InChI is InChI=1S/C17H17NO2/c19-16-14-12-6-7-13(10-12)15(14)17(20)18(16)9-8-11-4-2-1-3-5-11/h1-7,12-15H,8-10H2/t12-,13+,14?,15?. The lowest BCUT2D eigenvalue weighted by molar-refractivity contribution is -0.140. The number of fused-ring (bicyclic) bond motifs is 5. The van der Waals surface area contributed by atoms with E-state index in [0.29, 0.717) is 18.4 Å². The summed E-state index contributed by atoms with van der Waals surface area (Å²) < 4.78 is 0. The first-order chi connectivity index (χ1) is 9.75. The molecule has 102 valence electrons. The molecular weight excluding hydrogens is 250 g/mol. The van der Waals surface area contributed by atoms with Gasteiger partial charge in [0.15, 0.2) is 0 Å². The Morgan fingerprint density at radius 1 is 0.950 bits per heavy atom. The number of nitrogens with zero attached hydrogens (tertiary/aromatic N) is 1. The fraction of sp³-hybridized carbons (Fsp3) is 0.412. The smallest absolute Gasteiger partial charge is 0.233 e. The average molecular weight is 267 g/mol. The van der Waals surface area contributed by atoms with Crippen LogP contribution in [-0.4, -0.2) is 23.3 Å². The SMILES string of the molecule is O=C1C2C(C(=O)N1CCc1ccccc1)[C@H]1C=C[C@@H]2C1. The van der Waals surface area contributed by atoms with E-state index in [1.165, 1.54) is 10.5 Å². The maximum Gasteiger partial charge on any atom is 0.233 e. The second-order valence-corrected chi connectivity index (χ2v) is 6.06. The van der Waals surface area contributed by atoms with Crippen LogP contribution in [0, 0.1) is 23.7 Å². The largest absolute Gasteiger partial charge is 0.282 e. The molecule has 0 aromatic heterocycles. The Hall–Kier alpha value is -1.90. The highest BCUT2D eigenvalue weighted by atomic mass is 16.2. The molecule has 1 aromatic carbocycles. The van der Waals surface area contributed by atoms with Crippen LogP contribution in [0.4, 0.5) is 0 Å². The third-order valence-corrected chi connectivity index (χ3v) is 5.03. The Morgan fingerprint density at radius 3 is 2.15 bits per heavy atom. The van der Waals surface area contributed by atoms with Crippen molar-refractivity contribution in [2.75, 3.05) is 6.54 Å². The molecule has 3 heteroatoms. The monoisotopic (exact) mass is 267 g/mol. The summed E-state index contributed by atoms with van der Waals surface area (Å²) in [6, 6.07) is 10.0. The lowest BCUT2D eigenvalue weighted by atomic mass is 9.85. The number of benzene rings is 1. The molecule has 2 unspecified atom stereocenters. The second-order valence-electron chi connectivity index (χ2n) is 6.06. The third kappa shape index (κ3) is 1.59. The number of hydrogen-bond acceptors (Lipinski definition) is 2. The zero-order valence-corrected chi connectivity index (χ0v) is 11.2. The Bertz CT molecular complexity index is 562. The molecule has 0 radical (unpaired) electrons. The number of hydrogen-bond donors (Lipinski definition) is 0. The van der Waals surface area contributed by atoms with Crippen LogP contribution in [0.2, 0.25) is 0 Å². The summed E-state index contributed by atoms with van der Waals surface area (Å²) in [5, 5.41) is 0. The average Bonchev–Trinajstić information content (AvgIpc) is 3.13. The van der Waals surface area contributed by atoms with Gasteiger partial charge in [0.05, 0.1) is 11.8 Å². The van der Waals surface area contributed by atoms with Gasteiger partial charge in [-0.05, 0) is 30.2 Å². The zero-order chi connectivity index (χ0) is 13.7. The first-order valence-corrected chi connectivity index (χ1v) is 7.33. The summed E-state index contributed by atoms with van der Waals surface area (Å²) in [6.45, 7) is 0.522. The number of amides is 2. The Balaban J connectivity index is 1.51. The van der Waals surface area contributed by atoms with Gasteiger partial charge in [-0.1, -0.05) is 42.5 Å². The number of imide groups is 1. The van der Waals surface area contributed by atoms with E-state index in [1.54, 1.807) is 0 Å². The molecule has 1 heterocycles. The van der Waals surface area contributed by atoms with Crippen LogP contribution in [0.15, 0.2) is 42.5 Å². The number of allylic oxidation sites excluding steroid dienone is 2. The van der Waals surface area contributed by atoms with E-state index in [-0.39, 0.29) is 23.7 Å². The van der Waals surface area contributed by atoms with E-state index < -0.39 is 0 Å². The number of carbonyl (C=O) groups excluding carboxylic acids is 2. The molecular formula is C17H17NO2. The molecule has 1 saturated heterocycles. The van der Waals surface area contributed by atoms with Gasteiger partial charge in [0.25, 0.3) is 0 Å². The normalized spacial score (nSPS) is 34.1. The Labute approximate surface area is 118 Å². The lowest BCUT2D eigenvalue weighted by Crippen LogP contribution is -2.34. The Morgan fingerprint density at radius 2 is 1.55 bits per heavy atom. The highest BCUT2D eigenvalue weighted by Gasteiger charge is 2.58. The summed E-state index contributed by atoms with van der Waals surface area (Å²) in [4.78, 5) is 26.5. The van der Waals surface area contributed by atoms with Crippen molar-refractivity contribution in [2.45, 2.75) is 12.8 Å². The van der Waals surface area contributed by atoms with Gasteiger partial charge < -0.3 is 0 Å². The zero-order valence-electron chi connectivity index (χ0n) is 11.2. The molecule has 1 saturated carbocycles. The van der Waals surface area contributed by atoms with E-state index in [4.69, 9.17) is 0 Å². The van der Waals surface area contributed by atoms with Crippen molar-refractivity contribution in [2.24, 2.45) is 23.7 Å². The molecule has 2 amide bonds. The minimum absolute atomic E-state index is 0.0618. The van der Waals surface area contributed by atoms with Crippen molar-refractivity contribution in [3.05, 3.63) is 48.0 Å². The minimum atomic E-state index is -0.0618. The molecule has 2 bridgehead atoms. The fourth-order valence-corrected chi connectivity index (χ4v) is 4.07. The molecule has 2 aliphatic carbocycles. The maximum atomic E-state index is 12.5. The molecule has 20 heavy (non-hydrogen) atoms. The first-order valence-electron chi connectivity index (χ1n) is 7.33. The van der Waals surface area contributed by atoms with Crippen molar-refractivity contribution in [1.82, 2.24) is 4.90 Å². The van der Waals surface area contributed by atoms with Gasteiger partial charge in [-0.25, -0.2) is 0 Å². The molecule has 1 aliphatic heterocycles. The van der Waals surface area contributed by atoms with E-state index in [1.807, 2.05) is 30.3 Å². The van der Waals surface area contributed by atoms with Crippen LogP contribution >= 0.6 is 0 Å². The highest BCUT2D eigenvalue weighted by molar-refractivity contribution is 6.06. The van der Waals surface area contributed by atoms with Gasteiger partial charge in [0.1, 0.15) is 0 Å². The number of rotatable bonds is 3. The topological polar surface area (TPSA) is 37.4 Å². The van der Waals surface area contributed by atoms with Gasteiger partial charge >= 0.3 is 0 Å². The quantitative estimate of drug-likeness (QED) is 0.621. The third-order valence-electron chi connectivity index (χ3n) is 5.03. The minimum Gasteiger partial charge on any atom is -0.282 e. The molecule has 3 aliphatic rings. The van der Waals surface area contributed by atoms with Gasteiger partial charge in [-0.3, -0.25) is 14.5 Å². The van der Waals surface area contributed by atoms with E-state index in [2.05, 4.69) is 12.2 Å². The molecule has 0 spiro atoms. The van der Waals surface area contributed by atoms with Gasteiger partial charge in [0, 0.05) is 6.54 Å². The van der Waals surface area contributed by atoms with Crippen molar-refractivity contribution in [1.29, 1.82) is 0 Å². The first kappa shape index (κ1) is 11.9. The second kappa shape index (κ2) is 4.30. The van der Waals surface area contributed by atoms with Crippen molar-refractivity contribution >= 4 is 11.8 Å². The predicted molar refractivity (Wildman–Crippen MR) is 74.6 cm³/mol. The molecule has 4 rings (SSSR count). The summed E-state index contributed by atoms with van der Waals surface area (Å²) in [5.74, 6) is 0.619. The number of likely N-dealkylation sites (tertiary alicyclic amines) is 1. The van der Waals surface area contributed by atoms with Crippen LogP contribution in [0.3, 0.4) is 0 Å². The summed E-state index contributed by atoms with van der Waals surface area (Å²) in [6.07, 6.45) is 6.02. The van der Waals surface area contributed by atoms with Crippen LogP contribution in [0.1, 0.15) is 12.0 Å². The van der Waals surface area contributed by atoms with Crippen molar-refractivity contribution in [3.8, 4) is 0 Å². The molecule has 2 fully saturated rings. The predicted octanol–water partition coefficient (Wildman–Crippen LogP) is 2.04. The molecule has 0 N–H and O–H groups in total. The number of carbonyl (C=O) groups is 2. The van der Waals surface area contributed by atoms with Crippen LogP contribution < -0.4 is 0 Å².